The van der Waals surface area contributed by atoms with Crippen LogP contribution in [0.25, 0.3) is 0 Å². The van der Waals surface area contributed by atoms with Crippen LogP contribution in [0.1, 0.15) is 38.5 Å². The Morgan fingerprint density at radius 2 is 1.00 bits per heavy atom. The average Bonchev–Trinajstić information content (AvgIpc) is 3.50. The number of fused-ring (bicyclic) bond motifs is 2. The first kappa shape index (κ1) is 26.5. The monoisotopic (exact) mass is 630 g/mol. The Balaban J connectivity index is 0.00000137. The van der Waals surface area contributed by atoms with Crippen LogP contribution in [-0.2, 0) is 15.7 Å². The Hall–Kier alpha value is -0.594. The third-order valence-corrected chi connectivity index (χ3v) is 51.1. The van der Waals surface area contributed by atoms with Crippen molar-refractivity contribution in [3.63, 3.8) is 0 Å². The van der Waals surface area contributed by atoms with Gasteiger partial charge in [0.1, 0.15) is 0 Å². The van der Waals surface area contributed by atoms with Crippen molar-refractivity contribution in [2.75, 3.05) is 0 Å². The van der Waals surface area contributed by atoms with E-state index in [-0.39, 0.29) is 24.8 Å². The van der Waals surface area contributed by atoms with Gasteiger partial charge in [-0.15, -0.1) is 24.8 Å². The van der Waals surface area contributed by atoms with Crippen LogP contribution in [0, 0.1) is 11.8 Å². The van der Waals surface area contributed by atoms with Crippen molar-refractivity contribution in [3.05, 3.63) is 108 Å². The molecule has 0 bridgehead atoms. The molecular formula is C30H36Cl2GeZr. The van der Waals surface area contributed by atoms with Crippen LogP contribution in [0.3, 0.4) is 0 Å². The van der Waals surface area contributed by atoms with E-state index in [1.54, 1.807) is 6.54 Å². The van der Waals surface area contributed by atoms with Crippen LogP contribution in [-0.4, -0.2) is 12.1 Å². The van der Waals surface area contributed by atoms with Gasteiger partial charge in [0.2, 0.25) is 0 Å². The van der Waals surface area contributed by atoms with E-state index in [1.165, 1.54) is 50.7 Å². The summed E-state index contributed by atoms with van der Waals surface area (Å²) in [5.74, 6) is 1.57. The van der Waals surface area contributed by atoms with E-state index in [2.05, 4.69) is 97.1 Å². The predicted octanol–water partition coefficient (Wildman–Crippen LogP) is 6.89. The molecule has 0 radical (unpaired) electrons. The standard InChI is InChI=1S/2C9H11.2C6H5.2ClH.GeH2.Zr/c2*1-2-5-9-7-3-6-8(9)4-1;2*1-2-4-6-5-3-1;;;;/h2*1-2,4,6,9H,3,5,7H2;2*1-5H;2*1H;1H2;. The molecule has 0 aromatic heterocycles. The summed E-state index contributed by atoms with van der Waals surface area (Å²) in [4.78, 5) is 0. The van der Waals surface area contributed by atoms with Gasteiger partial charge in [-0.2, -0.15) is 0 Å². The summed E-state index contributed by atoms with van der Waals surface area (Å²) in [6.07, 6.45) is 22.8. The first-order chi connectivity index (χ1) is 15.7. The topological polar surface area (TPSA) is 0 Å². The summed E-state index contributed by atoms with van der Waals surface area (Å²) in [6, 6.07) is 24.0. The predicted molar refractivity (Wildman–Crippen MR) is 152 cm³/mol. The third-order valence-electron chi connectivity index (χ3n) is 9.55. The van der Waals surface area contributed by atoms with E-state index in [9.17, 15) is 0 Å². The van der Waals surface area contributed by atoms with E-state index in [0.29, 0.717) is 0 Å². The summed E-state index contributed by atoms with van der Waals surface area (Å²) >= 11 is -2.33. The summed E-state index contributed by atoms with van der Waals surface area (Å²) in [6.45, 7) is 0. The molecule has 2 aromatic rings. The summed E-state index contributed by atoms with van der Waals surface area (Å²) < 4.78 is 5.10. The molecule has 0 nitrogen and oxygen atoms in total. The number of rotatable bonds is 4. The Labute approximate surface area is 223 Å². The zero-order chi connectivity index (χ0) is 21.6. The second kappa shape index (κ2) is 10.4. The maximum absolute atomic E-state index is 3.79. The summed E-state index contributed by atoms with van der Waals surface area (Å²) in [5.41, 5.74) is 3.65. The Morgan fingerprint density at radius 1 is 0.588 bits per heavy atom. The van der Waals surface area contributed by atoms with Gasteiger partial charge in [-0.3, -0.25) is 0 Å². The molecule has 0 N–H and O–H groups in total. The molecule has 4 heteroatoms. The number of halogens is 2. The molecule has 0 spiro atoms. The molecule has 0 aliphatic heterocycles. The molecule has 2 aromatic carbocycles. The average molecular weight is 631 g/mol. The number of hydrogen-bond acceptors (Lipinski definition) is 0. The molecule has 2 saturated carbocycles. The fourth-order valence-corrected chi connectivity index (χ4v) is 45.1. The minimum atomic E-state index is -3.79. The molecule has 4 aliphatic carbocycles. The van der Waals surface area contributed by atoms with Gasteiger partial charge in [-0.25, -0.2) is 0 Å². The SMILES string of the molecule is Cl.Cl.[GeH2]=[Zr]([c]1ccccc1)([c]1ccccc1)([CH]1CCC2CC=CC=C21)[CH]1CCC2CC=CC=C21. The van der Waals surface area contributed by atoms with Crippen molar-refractivity contribution in [2.24, 2.45) is 11.8 Å². The van der Waals surface area contributed by atoms with Gasteiger partial charge in [0, 0.05) is 0 Å². The molecule has 2 fully saturated rings. The van der Waals surface area contributed by atoms with E-state index in [1.807, 2.05) is 11.1 Å². The van der Waals surface area contributed by atoms with Crippen molar-refractivity contribution < 1.29 is 15.7 Å². The van der Waals surface area contributed by atoms with E-state index in [0.717, 1.165) is 19.1 Å². The molecule has 4 atom stereocenters. The van der Waals surface area contributed by atoms with Crippen molar-refractivity contribution in [1.29, 1.82) is 0 Å². The number of allylic oxidation sites excluding steroid dienone is 8. The molecule has 4 aliphatic rings. The molecule has 0 saturated heterocycles. The van der Waals surface area contributed by atoms with Gasteiger partial charge in [0.05, 0.1) is 0 Å². The molecule has 4 unspecified atom stereocenters. The first-order valence-corrected chi connectivity index (χ1v) is 28.4. The van der Waals surface area contributed by atoms with Gasteiger partial charge in [-0.05, 0) is 0 Å². The third kappa shape index (κ3) is 3.80. The van der Waals surface area contributed by atoms with Gasteiger partial charge in [0.25, 0.3) is 0 Å². The Kier molecular flexibility index (Phi) is 8.11. The van der Waals surface area contributed by atoms with Crippen molar-refractivity contribution >= 4 is 43.5 Å². The van der Waals surface area contributed by atoms with Crippen molar-refractivity contribution in [3.8, 4) is 0 Å². The van der Waals surface area contributed by atoms with Crippen LogP contribution >= 0.6 is 24.8 Å². The molecule has 0 amide bonds. The van der Waals surface area contributed by atoms with Gasteiger partial charge < -0.3 is 0 Å². The fraction of sp³-hybridized carbons (Fsp3) is 0.333. The minimum absolute atomic E-state index is 0. The zero-order valence-electron chi connectivity index (χ0n) is 19.8. The number of hydrogen-bond donors (Lipinski definition) is 0. The fourth-order valence-electron chi connectivity index (χ4n) is 8.13. The molecule has 178 valence electrons. The molecule has 0 heterocycles. The maximum atomic E-state index is 2.56. The van der Waals surface area contributed by atoms with Gasteiger partial charge in [-0.1, -0.05) is 0 Å². The second-order valence-corrected chi connectivity index (χ2v) is 43.9. The van der Waals surface area contributed by atoms with Crippen LogP contribution in [0.4, 0.5) is 0 Å². The number of benzene rings is 2. The summed E-state index contributed by atoms with van der Waals surface area (Å²) in [7, 11) is 0. The zero-order valence-corrected chi connectivity index (χ0v) is 26.9. The molecule has 6 rings (SSSR count). The van der Waals surface area contributed by atoms with Crippen molar-refractivity contribution in [1.82, 2.24) is 0 Å². The van der Waals surface area contributed by atoms with E-state index >= 15 is 0 Å². The first-order valence-electron chi connectivity index (χ1n) is 12.6. The van der Waals surface area contributed by atoms with Crippen LogP contribution < -0.4 is 6.54 Å². The van der Waals surface area contributed by atoms with E-state index in [4.69, 9.17) is 0 Å². The normalized spacial score (nSPS) is 27.6. The Morgan fingerprint density at radius 3 is 1.41 bits per heavy atom. The van der Waals surface area contributed by atoms with Crippen LogP contribution in [0.15, 0.2) is 108 Å². The van der Waals surface area contributed by atoms with Crippen molar-refractivity contribution in [2.45, 2.75) is 45.8 Å². The van der Waals surface area contributed by atoms with Gasteiger partial charge in [0.15, 0.2) is 0 Å². The van der Waals surface area contributed by atoms with Crippen LogP contribution in [0.2, 0.25) is 7.25 Å². The van der Waals surface area contributed by atoms with Crippen LogP contribution in [0.5, 0.6) is 0 Å². The Bertz CT molecular complexity index is 1110. The molecule has 34 heavy (non-hydrogen) atoms. The quantitative estimate of drug-likeness (QED) is 0.323. The molecular weight excluding hydrogens is 595 g/mol. The van der Waals surface area contributed by atoms with Gasteiger partial charge >= 0.3 is 200 Å². The second-order valence-electron chi connectivity index (χ2n) is 10.7. The van der Waals surface area contributed by atoms with E-state index < -0.39 is 15.7 Å². The summed E-state index contributed by atoms with van der Waals surface area (Å²) in [5, 5.41) is 0.